The van der Waals surface area contributed by atoms with E-state index in [4.69, 9.17) is 0 Å². The molecule has 1 fully saturated rings. The highest BCUT2D eigenvalue weighted by atomic mass is 15.2. The molecule has 0 aromatic rings. The van der Waals surface area contributed by atoms with Crippen LogP contribution in [-0.2, 0) is 0 Å². The van der Waals surface area contributed by atoms with Crippen LogP contribution in [0.5, 0.6) is 0 Å². The molecule has 0 aliphatic carbocycles. The van der Waals surface area contributed by atoms with Crippen molar-refractivity contribution < 1.29 is 0 Å². The summed E-state index contributed by atoms with van der Waals surface area (Å²) in [6.07, 6.45) is 2.83. The molecule has 0 amide bonds. The highest BCUT2D eigenvalue weighted by Crippen LogP contribution is 2.20. The lowest BCUT2D eigenvalue weighted by Crippen LogP contribution is -2.40. The van der Waals surface area contributed by atoms with Crippen LogP contribution in [0.1, 0.15) is 33.6 Å². The van der Waals surface area contributed by atoms with Crippen molar-refractivity contribution in [2.75, 3.05) is 13.1 Å². The Hall–Kier alpha value is -0.0400. The molecule has 1 heteroatoms. The van der Waals surface area contributed by atoms with Crippen molar-refractivity contribution in [2.24, 2.45) is 5.92 Å². The van der Waals surface area contributed by atoms with E-state index in [0.717, 1.165) is 12.0 Å². The maximum Gasteiger partial charge on any atom is 0.00670 e. The molecule has 10 heavy (non-hydrogen) atoms. The minimum atomic E-state index is 0.834. The third-order valence-corrected chi connectivity index (χ3v) is 2.65. The first kappa shape index (κ1) is 8.06. The molecule has 1 rings (SSSR count). The van der Waals surface area contributed by atoms with Crippen LogP contribution in [0.3, 0.4) is 0 Å². The van der Waals surface area contributed by atoms with E-state index in [1.165, 1.54) is 25.9 Å². The molecule has 1 nitrogen and oxygen atoms in total. The van der Waals surface area contributed by atoms with Gasteiger partial charge < -0.3 is 4.90 Å². The summed E-state index contributed by atoms with van der Waals surface area (Å²) in [6, 6.07) is 0.834. The molecule has 0 unspecified atom stereocenters. The largest absolute Gasteiger partial charge is 0.301 e. The first-order chi connectivity index (χ1) is 4.74. The van der Waals surface area contributed by atoms with Crippen LogP contribution in [-0.4, -0.2) is 24.0 Å². The first-order valence-corrected chi connectivity index (χ1v) is 4.48. The highest BCUT2D eigenvalue weighted by Gasteiger charge is 2.20. The highest BCUT2D eigenvalue weighted by molar-refractivity contribution is 4.75. The molecule has 1 heterocycles. The minimum Gasteiger partial charge on any atom is -0.301 e. The molecule has 1 saturated heterocycles. The molecular weight excluding hydrogens is 122 g/mol. The van der Waals surface area contributed by atoms with Crippen molar-refractivity contribution in [2.45, 2.75) is 39.7 Å². The van der Waals surface area contributed by atoms with Crippen molar-refractivity contribution in [1.29, 1.82) is 0 Å². The number of likely N-dealkylation sites (tertiary alicyclic amines) is 1. The molecule has 0 aromatic carbocycles. The molecular formula is C9H19N. The normalized spacial score (nSPS) is 36.3. The SMILES string of the molecule is CCN1C[C@H](C)CC[C@@H]1C. The quantitative estimate of drug-likeness (QED) is 0.540. The van der Waals surface area contributed by atoms with E-state index < -0.39 is 0 Å². The molecule has 0 bridgehead atoms. The standard InChI is InChI=1S/C9H19N/c1-4-10-7-8(2)5-6-9(10)3/h8-9H,4-7H2,1-3H3/t8-,9+/m1/s1. The van der Waals surface area contributed by atoms with Gasteiger partial charge >= 0.3 is 0 Å². The van der Waals surface area contributed by atoms with Gasteiger partial charge in [-0.3, -0.25) is 0 Å². The average Bonchev–Trinajstić information content (AvgIpc) is 1.94. The average molecular weight is 141 g/mol. The third-order valence-electron chi connectivity index (χ3n) is 2.65. The molecule has 0 spiro atoms. The second kappa shape index (κ2) is 3.38. The molecule has 1 aliphatic heterocycles. The fraction of sp³-hybridized carbons (Fsp3) is 1.00. The van der Waals surface area contributed by atoms with E-state index in [1.54, 1.807) is 0 Å². The molecule has 0 N–H and O–H groups in total. The van der Waals surface area contributed by atoms with Crippen molar-refractivity contribution in [3.05, 3.63) is 0 Å². The lowest BCUT2D eigenvalue weighted by Gasteiger charge is -2.35. The Bertz CT molecular complexity index is 101. The van der Waals surface area contributed by atoms with E-state index >= 15 is 0 Å². The van der Waals surface area contributed by atoms with E-state index in [0.29, 0.717) is 0 Å². The van der Waals surface area contributed by atoms with Gasteiger partial charge in [0.2, 0.25) is 0 Å². The number of rotatable bonds is 1. The second-order valence-electron chi connectivity index (χ2n) is 3.62. The van der Waals surface area contributed by atoms with Crippen LogP contribution in [0, 0.1) is 5.92 Å². The van der Waals surface area contributed by atoms with E-state index in [-0.39, 0.29) is 0 Å². The summed E-state index contributed by atoms with van der Waals surface area (Å²) in [5.74, 6) is 0.927. The van der Waals surface area contributed by atoms with Crippen LogP contribution >= 0.6 is 0 Å². The zero-order valence-electron chi connectivity index (χ0n) is 7.43. The van der Waals surface area contributed by atoms with Crippen molar-refractivity contribution in [1.82, 2.24) is 4.90 Å². The fourth-order valence-electron chi connectivity index (χ4n) is 1.82. The molecule has 0 aromatic heterocycles. The van der Waals surface area contributed by atoms with E-state index in [9.17, 15) is 0 Å². The van der Waals surface area contributed by atoms with Gasteiger partial charge in [-0.2, -0.15) is 0 Å². The van der Waals surface area contributed by atoms with Crippen LogP contribution in [0.4, 0.5) is 0 Å². The van der Waals surface area contributed by atoms with Gasteiger partial charge in [-0.1, -0.05) is 13.8 Å². The van der Waals surface area contributed by atoms with Crippen LogP contribution in [0.25, 0.3) is 0 Å². The molecule has 2 atom stereocenters. The summed E-state index contributed by atoms with van der Waals surface area (Å²) in [4.78, 5) is 2.58. The Kier molecular flexibility index (Phi) is 2.72. The Morgan fingerprint density at radius 3 is 2.50 bits per heavy atom. The Balaban J connectivity index is 2.38. The monoisotopic (exact) mass is 141 g/mol. The summed E-state index contributed by atoms with van der Waals surface area (Å²) >= 11 is 0. The van der Waals surface area contributed by atoms with Gasteiger partial charge in [0.1, 0.15) is 0 Å². The van der Waals surface area contributed by atoms with Crippen molar-refractivity contribution in [3.8, 4) is 0 Å². The minimum absolute atomic E-state index is 0.834. The number of hydrogen-bond acceptors (Lipinski definition) is 1. The first-order valence-electron chi connectivity index (χ1n) is 4.48. The lowest BCUT2D eigenvalue weighted by molar-refractivity contribution is 0.132. The smallest absolute Gasteiger partial charge is 0.00670 e. The predicted molar refractivity (Wildman–Crippen MR) is 45.1 cm³/mol. The van der Waals surface area contributed by atoms with Crippen molar-refractivity contribution >= 4 is 0 Å². The number of nitrogens with zero attached hydrogens (tertiary/aromatic N) is 1. The Morgan fingerprint density at radius 2 is 2.00 bits per heavy atom. The maximum absolute atomic E-state index is 2.58. The maximum atomic E-state index is 2.58. The molecule has 0 radical (unpaired) electrons. The zero-order chi connectivity index (χ0) is 7.56. The molecule has 60 valence electrons. The second-order valence-corrected chi connectivity index (χ2v) is 3.62. The Labute approximate surface area is 64.4 Å². The summed E-state index contributed by atoms with van der Waals surface area (Å²) in [7, 11) is 0. The topological polar surface area (TPSA) is 3.24 Å². The van der Waals surface area contributed by atoms with Crippen LogP contribution in [0.2, 0.25) is 0 Å². The van der Waals surface area contributed by atoms with Gasteiger partial charge in [-0.05, 0) is 32.2 Å². The third kappa shape index (κ3) is 1.72. The van der Waals surface area contributed by atoms with Gasteiger partial charge in [0, 0.05) is 12.6 Å². The molecule has 1 aliphatic rings. The van der Waals surface area contributed by atoms with E-state index in [2.05, 4.69) is 25.7 Å². The van der Waals surface area contributed by atoms with Gasteiger partial charge in [0.05, 0.1) is 0 Å². The fourth-order valence-corrected chi connectivity index (χ4v) is 1.82. The zero-order valence-corrected chi connectivity index (χ0v) is 7.43. The summed E-state index contributed by atoms with van der Waals surface area (Å²) < 4.78 is 0. The van der Waals surface area contributed by atoms with Crippen LogP contribution in [0.15, 0.2) is 0 Å². The summed E-state index contributed by atoms with van der Waals surface area (Å²) in [5.41, 5.74) is 0. The van der Waals surface area contributed by atoms with Gasteiger partial charge in [0.25, 0.3) is 0 Å². The number of hydrogen-bond donors (Lipinski definition) is 0. The van der Waals surface area contributed by atoms with Gasteiger partial charge in [-0.25, -0.2) is 0 Å². The lowest BCUT2D eigenvalue weighted by atomic mass is 9.95. The van der Waals surface area contributed by atoms with Gasteiger partial charge in [0.15, 0.2) is 0 Å². The van der Waals surface area contributed by atoms with Crippen LogP contribution < -0.4 is 0 Å². The summed E-state index contributed by atoms with van der Waals surface area (Å²) in [6.45, 7) is 9.50. The van der Waals surface area contributed by atoms with Gasteiger partial charge in [-0.15, -0.1) is 0 Å². The number of piperidine rings is 1. The molecule has 0 saturated carbocycles. The van der Waals surface area contributed by atoms with Crippen molar-refractivity contribution in [3.63, 3.8) is 0 Å². The Morgan fingerprint density at radius 1 is 1.30 bits per heavy atom. The predicted octanol–water partition coefficient (Wildman–Crippen LogP) is 2.13. The van der Waals surface area contributed by atoms with E-state index in [1.807, 2.05) is 0 Å². The summed E-state index contributed by atoms with van der Waals surface area (Å²) in [5, 5.41) is 0.